The Morgan fingerprint density at radius 3 is 2.55 bits per heavy atom. The van der Waals surface area contributed by atoms with Gasteiger partial charge in [-0.25, -0.2) is 13.4 Å². The zero-order valence-electron chi connectivity index (χ0n) is 12.1. The van der Waals surface area contributed by atoms with E-state index in [4.69, 9.17) is 0 Å². The monoisotopic (exact) mass is 299 g/mol. The summed E-state index contributed by atoms with van der Waals surface area (Å²) in [5, 5.41) is 5.52. The van der Waals surface area contributed by atoms with Gasteiger partial charge in [0.05, 0.1) is 5.75 Å². The number of nitrogens with zero attached hydrogens (tertiary/aromatic N) is 1. The number of sulfone groups is 1. The van der Waals surface area contributed by atoms with E-state index in [2.05, 4.69) is 15.6 Å². The van der Waals surface area contributed by atoms with Crippen molar-refractivity contribution in [2.24, 2.45) is 0 Å². The molecule has 0 spiro atoms. The number of amides is 1. The number of pyridine rings is 1. The van der Waals surface area contributed by atoms with Crippen LogP contribution in [0.25, 0.3) is 0 Å². The Morgan fingerprint density at radius 1 is 1.30 bits per heavy atom. The Bertz CT molecular complexity index is 548. The van der Waals surface area contributed by atoms with Gasteiger partial charge in [-0.2, -0.15) is 0 Å². The van der Waals surface area contributed by atoms with Crippen molar-refractivity contribution in [3.63, 3.8) is 0 Å². The molecule has 20 heavy (non-hydrogen) atoms. The molecule has 1 heterocycles. The highest BCUT2D eigenvalue weighted by Gasteiger charge is 2.11. The van der Waals surface area contributed by atoms with Crippen molar-refractivity contribution in [2.45, 2.75) is 20.3 Å². The van der Waals surface area contributed by atoms with Crippen LogP contribution in [0.1, 0.15) is 29.9 Å². The fraction of sp³-hybridized carbons (Fsp3) is 0.538. The van der Waals surface area contributed by atoms with E-state index in [0.717, 1.165) is 12.1 Å². The van der Waals surface area contributed by atoms with Crippen LogP contribution in [0.3, 0.4) is 0 Å². The maximum atomic E-state index is 12.0. The normalized spacial score (nSPS) is 11.2. The SMILES string of the molecule is CCc1cc(C(=O)NCCS(=O)(=O)CC)cc(NC)n1. The molecular weight excluding hydrogens is 278 g/mol. The number of carbonyl (C=O) groups excluding carboxylic acids is 1. The standard InChI is InChI=1S/C13H21N3O3S/c1-4-11-8-10(9-12(14-3)16-11)13(17)15-6-7-20(18,19)5-2/h8-9H,4-7H2,1-3H3,(H,14,16)(H,15,17). The average Bonchev–Trinajstić information content (AvgIpc) is 2.46. The highest BCUT2D eigenvalue weighted by atomic mass is 32.2. The molecular formula is C13H21N3O3S. The van der Waals surface area contributed by atoms with Gasteiger partial charge in [-0.05, 0) is 18.6 Å². The van der Waals surface area contributed by atoms with Crippen LogP contribution in [0.2, 0.25) is 0 Å². The number of aryl methyl sites for hydroxylation is 1. The van der Waals surface area contributed by atoms with Gasteiger partial charge in [-0.1, -0.05) is 13.8 Å². The van der Waals surface area contributed by atoms with E-state index >= 15 is 0 Å². The first kappa shape index (κ1) is 16.4. The molecule has 0 unspecified atom stereocenters. The van der Waals surface area contributed by atoms with Gasteiger partial charge in [0, 0.05) is 30.6 Å². The molecule has 7 heteroatoms. The molecule has 0 saturated carbocycles. The minimum absolute atomic E-state index is 0.0418. The van der Waals surface area contributed by atoms with E-state index in [1.165, 1.54) is 0 Å². The molecule has 0 aliphatic carbocycles. The molecule has 0 bridgehead atoms. The van der Waals surface area contributed by atoms with Crippen LogP contribution in [-0.2, 0) is 16.3 Å². The predicted octanol–water partition coefficient (Wildman–Crippen LogP) is 0.850. The topological polar surface area (TPSA) is 88.2 Å². The molecule has 0 atom stereocenters. The number of aromatic nitrogens is 1. The maximum Gasteiger partial charge on any atom is 0.251 e. The molecule has 112 valence electrons. The highest BCUT2D eigenvalue weighted by Crippen LogP contribution is 2.10. The first-order valence-corrected chi connectivity index (χ1v) is 8.41. The zero-order chi connectivity index (χ0) is 15.2. The number of rotatable bonds is 7. The molecule has 1 amide bonds. The first-order chi connectivity index (χ1) is 9.41. The molecule has 0 aliphatic rings. The van der Waals surface area contributed by atoms with Crippen molar-refractivity contribution < 1.29 is 13.2 Å². The second-order valence-corrected chi connectivity index (χ2v) is 6.80. The molecule has 1 aromatic rings. The van der Waals surface area contributed by atoms with Crippen molar-refractivity contribution in [1.82, 2.24) is 10.3 Å². The van der Waals surface area contributed by atoms with Gasteiger partial charge in [-0.3, -0.25) is 4.79 Å². The van der Waals surface area contributed by atoms with Crippen LogP contribution in [0.5, 0.6) is 0 Å². The number of nitrogens with one attached hydrogen (secondary N) is 2. The fourth-order valence-corrected chi connectivity index (χ4v) is 2.30. The highest BCUT2D eigenvalue weighted by molar-refractivity contribution is 7.91. The third-order valence-electron chi connectivity index (χ3n) is 2.90. The number of carbonyl (C=O) groups is 1. The molecule has 2 N–H and O–H groups in total. The van der Waals surface area contributed by atoms with E-state index in [-0.39, 0.29) is 24.0 Å². The third-order valence-corrected chi connectivity index (χ3v) is 4.60. The average molecular weight is 299 g/mol. The van der Waals surface area contributed by atoms with E-state index in [9.17, 15) is 13.2 Å². The lowest BCUT2D eigenvalue weighted by atomic mass is 10.2. The van der Waals surface area contributed by atoms with Crippen LogP contribution < -0.4 is 10.6 Å². The summed E-state index contributed by atoms with van der Waals surface area (Å²) in [6.45, 7) is 3.66. The summed E-state index contributed by atoms with van der Waals surface area (Å²) >= 11 is 0. The van der Waals surface area contributed by atoms with Gasteiger partial charge in [0.15, 0.2) is 9.84 Å². The van der Waals surface area contributed by atoms with Gasteiger partial charge < -0.3 is 10.6 Å². The summed E-state index contributed by atoms with van der Waals surface area (Å²) in [4.78, 5) is 16.3. The Kier molecular flexibility index (Phi) is 5.94. The van der Waals surface area contributed by atoms with Gasteiger partial charge in [0.2, 0.25) is 0 Å². The Hall–Kier alpha value is -1.63. The minimum atomic E-state index is -3.06. The lowest BCUT2D eigenvalue weighted by Gasteiger charge is -2.08. The predicted molar refractivity (Wildman–Crippen MR) is 79.8 cm³/mol. The van der Waals surface area contributed by atoms with Crippen LogP contribution in [-0.4, -0.2) is 44.4 Å². The molecule has 0 aliphatic heterocycles. The number of anilines is 1. The van der Waals surface area contributed by atoms with Gasteiger partial charge in [0.25, 0.3) is 5.91 Å². The quantitative estimate of drug-likeness (QED) is 0.779. The van der Waals surface area contributed by atoms with E-state index in [1.807, 2.05) is 6.92 Å². The van der Waals surface area contributed by atoms with Crippen LogP contribution in [0.15, 0.2) is 12.1 Å². The van der Waals surface area contributed by atoms with E-state index in [0.29, 0.717) is 11.4 Å². The largest absolute Gasteiger partial charge is 0.373 e. The van der Waals surface area contributed by atoms with Crippen LogP contribution in [0.4, 0.5) is 5.82 Å². The molecule has 1 aromatic heterocycles. The Balaban J connectivity index is 2.72. The Morgan fingerprint density at radius 2 is 2.00 bits per heavy atom. The van der Waals surface area contributed by atoms with Crippen LogP contribution >= 0.6 is 0 Å². The van der Waals surface area contributed by atoms with Crippen molar-refractivity contribution in [3.05, 3.63) is 23.4 Å². The summed E-state index contributed by atoms with van der Waals surface area (Å²) in [7, 11) is -1.33. The minimum Gasteiger partial charge on any atom is -0.373 e. The second-order valence-electron chi connectivity index (χ2n) is 4.33. The summed E-state index contributed by atoms with van der Waals surface area (Å²) in [6, 6.07) is 3.35. The molecule has 1 rings (SSSR count). The van der Waals surface area contributed by atoms with E-state index < -0.39 is 9.84 Å². The number of hydrogen-bond acceptors (Lipinski definition) is 5. The summed E-state index contributed by atoms with van der Waals surface area (Å²) in [5.74, 6) is 0.377. The van der Waals surface area contributed by atoms with Crippen LogP contribution in [0, 0.1) is 0 Å². The maximum absolute atomic E-state index is 12.0. The van der Waals surface area contributed by atoms with Gasteiger partial charge in [-0.15, -0.1) is 0 Å². The van der Waals surface area contributed by atoms with E-state index in [1.54, 1.807) is 26.1 Å². The Labute approximate surface area is 119 Å². The zero-order valence-corrected chi connectivity index (χ0v) is 12.9. The van der Waals surface area contributed by atoms with Gasteiger partial charge >= 0.3 is 0 Å². The summed E-state index contributed by atoms with van der Waals surface area (Å²) in [5.41, 5.74) is 1.29. The third kappa shape index (κ3) is 4.80. The smallest absolute Gasteiger partial charge is 0.251 e. The van der Waals surface area contributed by atoms with Gasteiger partial charge in [0.1, 0.15) is 5.82 Å². The lowest BCUT2D eigenvalue weighted by molar-refractivity contribution is 0.0956. The fourth-order valence-electron chi connectivity index (χ4n) is 1.59. The first-order valence-electron chi connectivity index (χ1n) is 6.59. The van der Waals surface area contributed by atoms with Crippen molar-refractivity contribution in [1.29, 1.82) is 0 Å². The van der Waals surface area contributed by atoms with Crippen molar-refractivity contribution in [2.75, 3.05) is 30.4 Å². The molecule has 0 aromatic carbocycles. The molecule has 0 saturated heterocycles. The summed E-state index contributed by atoms with van der Waals surface area (Å²) in [6.07, 6.45) is 0.722. The van der Waals surface area contributed by atoms with Crippen molar-refractivity contribution >= 4 is 21.6 Å². The number of hydrogen-bond donors (Lipinski definition) is 2. The molecule has 6 nitrogen and oxygen atoms in total. The second kappa shape index (κ2) is 7.23. The van der Waals surface area contributed by atoms with Crippen molar-refractivity contribution in [3.8, 4) is 0 Å². The lowest BCUT2D eigenvalue weighted by Crippen LogP contribution is -2.29. The molecule has 0 fully saturated rings. The summed E-state index contributed by atoms with van der Waals surface area (Å²) < 4.78 is 22.7. The molecule has 0 radical (unpaired) electrons.